The van der Waals surface area contributed by atoms with Crippen molar-refractivity contribution < 1.29 is 8.78 Å². The van der Waals surface area contributed by atoms with Crippen LogP contribution in [0.1, 0.15) is 12.0 Å². The third kappa shape index (κ3) is 4.55. The Morgan fingerprint density at radius 3 is 2.67 bits per heavy atom. The fourth-order valence-corrected chi connectivity index (χ4v) is 3.72. The molecule has 0 radical (unpaired) electrons. The number of fused-ring (bicyclic) bond motifs is 1. The van der Waals surface area contributed by atoms with Gasteiger partial charge in [-0.05, 0) is 25.7 Å². The molecule has 1 atom stereocenters. The minimum Gasteiger partial charge on any atom is -0.368 e. The number of benzene rings is 1. The second kappa shape index (κ2) is 8.57. The Labute approximate surface area is 174 Å². The van der Waals surface area contributed by atoms with Crippen molar-refractivity contribution in [3.63, 3.8) is 0 Å². The van der Waals surface area contributed by atoms with Crippen LogP contribution in [0.5, 0.6) is 0 Å². The first-order valence-electron chi connectivity index (χ1n) is 10.1. The number of hydrogen-bond acceptors (Lipinski definition) is 6. The van der Waals surface area contributed by atoms with Gasteiger partial charge in [0.25, 0.3) is 5.92 Å². The van der Waals surface area contributed by atoms with Crippen molar-refractivity contribution in [2.24, 2.45) is 5.92 Å². The summed E-state index contributed by atoms with van der Waals surface area (Å²) in [6.07, 6.45) is 3.06. The largest absolute Gasteiger partial charge is 0.368 e. The fraction of sp³-hybridized carbons (Fsp3) is 0.409. The van der Waals surface area contributed by atoms with E-state index in [1.807, 2.05) is 32.3 Å². The van der Waals surface area contributed by atoms with Crippen LogP contribution in [0.4, 0.5) is 14.6 Å². The lowest BCUT2D eigenvalue weighted by Gasteiger charge is -2.32. The number of aromatic nitrogens is 3. The van der Waals surface area contributed by atoms with Crippen LogP contribution < -0.4 is 10.6 Å². The molecule has 1 aliphatic rings. The van der Waals surface area contributed by atoms with Gasteiger partial charge in [0.1, 0.15) is 5.52 Å². The first-order valence-corrected chi connectivity index (χ1v) is 10.1. The van der Waals surface area contributed by atoms with Gasteiger partial charge in [0.15, 0.2) is 5.82 Å². The zero-order chi connectivity index (χ0) is 21.1. The van der Waals surface area contributed by atoms with Gasteiger partial charge in [0.05, 0.1) is 17.1 Å². The first-order chi connectivity index (χ1) is 14.4. The monoisotopic (exact) mass is 412 g/mol. The number of nitrogens with zero attached hydrogens (tertiary/aromatic N) is 4. The van der Waals surface area contributed by atoms with Crippen LogP contribution in [0.15, 0.2) is 42.7 Å². The summed E-state index contributed by atoms with van der Waals surface area (Å²) in [5.74, 6) is -3.01. The van der Waals surface area contributed by atoms with E-state index in [1.54, 1.807) is 12.4 Å². The van der Waals surface area contributed by atoms with E-state index in [-0.39, 0.29) is 19.5 Å². The number of hydrogen-bond donors (Lipinski definition) is 2. The molecule has 3 aromatic rings. The summed E-state index contributed by atoms with van der Waals surface area (Å²) < 4.78 is 28.5. The molecule has 0 amide bonds. The fourth-order valence-electron chi connectivity index (χ4n) is 3.72. The summed E-state index contributed by atoms with van der Waals surface area (Å²) in [4.78, 5) is 15.6. The number of nitrogens with one attached hydrogen (secondary N) is 2. The van der Waals surface area contributed by atoms with Gasteiger partial charge >= 0.3 is 0 Å². The molecule has 0 spiro atoms. The normalized spacial score (nSPS) is 18.6. The minimum absolute atomic E-state index is 0.115. The maximum atomic E-state index is 14.2. The van der Waals surface area contributed by atoms with Crippen LogP contribution in [0.2, 0.25) is 0 Å². The first kappa shape index (κ1) is 20.6. The molecule has 0 bridgehead atoms. The maximum Gasteiger partial charge on any atom is 0.255 e. The highest BCUT2D eigenvalue weighted by Crippen LogP contribution is 2.31. The number of rotatable bonds is 6. The molecule has 2 aromatic heterocycles. The van der Waals surface area contributed by atoms with Crippen molar-refractivity contribution in [2.45, 2.75) is 18.9 Å². The number of pyridine rings is 1. The van der Waals surface area contributed by atoms with E-state index in [4.69, 9.17) is 4.98 Å². The van der Waals surface area contributed by atoms with Gasteiger partial charge in [-0.2, -0.15) is 0 Å². The molecule has 8 heteroatoms. The smallest absolute Gasteiger partial charge is 0.255 e. The Morgan fingerprint density at radius 1 is 1.17 bits per heavy atom. The Hall–Kier alpha value is -2.71. The molecule has 158 valence electrons. The van der Waals surface area contributed by atoms with Crippen LogP contribution in [-0.2, 0) is 6.54 Å². The molecule has 6 nitrogen and oxygen atoms in total. The predicted octanol–water partition coefficient (Wildman–Crippen LogP) is 3.41. The highest BCUT2D eigenvalue weighted by atomic mass is 19.3. The van der Waals surface area contributed by atoms with E-state index in [9.17, 15) is 8.78 Å². The zero-order valence-electron chi connectivity index (χ0n) is 17.2. The Morgan fingerprint density at radius 2 is 1.93 bits per heavy atom. The van der Waals surface area contributed by atoms with Gasteiger partial charge in [-0.3, -0.25) is 4.98 Å². The Kier molecular flexibility index (Phi) is 5.87. The molecule has 30 heavy (non-hydrogen) atoms. The van der Waals surface area contributed by atoms with Gasteiger partial charge in [-0.25, -0.2) is 18.7 Å². The van der Waals surface area contributed by atoms with Crippen molar-refractivity contribution in [1.82, 2.24) is 25.2 Å². The summed E-state index contributed by atoms with van der Waals surface area (Å²) >= 11 is 0. The van der Waals surface area contributed by atoms with Gasteiger partial charge in [0, 0.05) is 50.6 Å². The van der Waals surface area contributed by atoms with Crippen LogP contribution in [0.3, 0.4) is 0 Å². The SMILES string of the molecule is CN(C)Cc1ccc(-c2cc3nccnc3c(NCC3CNCCC3(F)F)n2)cc1. The number of alkyl halides is 2. The minimum atomic E-state index is -2.69. The van der Waals surface area contributed by atoms with Gasteiger partial charge in [0.2, 0.25) is 0 Å². The molecule has 0 saturated carbocycles. The molecule has 0 aliphatic carbocycles. The van der Waals surface area contributed by atoms with Crippen LogP contribution in [0, 0.1) is 5.92 Å². The lowest BCUT2D eigenvalue weighted by atomic mass is 9.95. The molecule has 1 aromatic carbocycles. The third-order valence-corrected chi connectivity index (χ3v) is 5.34. The van der Waals surface area contributed by atoms with Crippen LogP contribution in [-0.4, -0.2) is 59.5 Å². The predicted molar refractivity (Wildman–Crippen MR) is 115 cm³/mol. The van der Waals surface area contributed by atoms with Gasteiger partial charge in [-0.15, -0.1) is 0 Å². The third-order valence-electron chi connectivity index (χ3n) is 5.34. The van der Waals surface area contributed by atoms with E-state index >= 15 is 0 Å². The standard InChI is InChI=1S/C22H26F2N6/c1-30(2)14-15-3-5-16(6-4-15)18-11-19-20(27-10-9-26-19)21(29-18)28-13-17-12-25-8-7-22(17,23)24/h3-6,9-11,17,25H,7-8,12-14H2,1-2H3,(H,28,29). The van der Waals surface area contributed by atoms with Crippen molar-refractivity contribution in [3.05, 3.63) is 48.3 Å². The summed E-state index contributed by atoms with van der Waals surface area (Å²) in [5.41, 5.74) is 4.14. The Bertz CT molecular complexity index is 1010. The van der Waals surface area contributed by atoms with Crippen molar-refractivity contribution in [1.29, 1.82) is 0 Å². The van der Waals surface area contributed by atoms with Crippen molar-refractivity contribution >= 4 is 16.9 Å². The average molecular weight is 412 g/mol. The number of anilines is 1. The van der Waals surface area contributed by atoms with E-state index in [0.717, 1.165) is 17.8 Å². The second-order valence-electron chi connectivity index (χ2n) is 8.01. The lowest BCUT2D eigenvalue weighted by Crippen LogP contribution is -2.47. The molecular weight excluding hydrogens is 386 g/mol. The second-order valence-corrected chi connectivity index (χ2v) is 8.01. The molecule has 1 saturated heterocycles. The number of halogens is 2. The highest BCUT2D eigenvalue weighted by molar-refractivity contribution is 5.88. The molecule has 4 rings (SSSR count). The topological polar surface area (TPSA) is 66.0 Å². The lowest BCUT2D eigenvalue weighted by molar-refractivity contribution is -0.0728. The van der Waals surface area contributed by atoms with Gasteiger partial charge < -0.3 is 15.5 Å². The zero-order valence-corrected chi connectivity index (χ0v) is 17.2. The van der Waals surface area contributed by atoms with Crippen LogP contribution >= 0.6 is 0 Å². The molecule has 1 aliphatic heterocycles. The van der Waals surface area contributed by atoms with E-state index in [2.05, 4.69) is 37.6 Å². The molecule has 1 fully saturated rings. The van der Waals surface area contributed by atoms with E-state index in [1.165, 1.54) is 5.56 Å². The highest BCUT2D eigenvalue weighted by Gasteiger charge is 2.41. The van der Waals surface area contributed by atoms with Crippen molar-refractivity contribution in [2.75, 3.05) is 39.0 Å². The average Bonchev–Trinajstić information content (AvgIpc) is 2.72. The summed E-state index contributed by atoms with van der Waals surface area (Å²) in [6, 6.07) is 10.1. The summed E-state index contributed by atoms with van der Waals surface area (Å²) in [6.45, 7) is 1.59. The molecular formula is C22H26F2N6. The number of piperidine rings is 1. The maximum absolute atomic E-state index is 14.2. The van der Waals surface area contributed by atoms with Crippen LogP contribution in [0.25, 0.3) is 22.3 Å². The summed E-state index contributed by atoms with van der Waals surface area (Å²) in [5, 5.41) is 6.17. The quantitative estimate of drug-likeness (QED) is 0.647. The molecule has 1 unspecified atom stereocenters. The van der Waals surface area contributed by atoms with Crippen molar-refractivity contribution in [3.8, 4) is 11.3 Å². The van der Waals surface area contributed by atoms with E-state index in [0.29, 0.717) is 23.4 Å². The van der Waals surface area contributed by atoms with E-state index < -0.39 is 11.8 Å². The Balaban J connectivity index is 1.62. The van der Waals surface area contributed by atoms with Gasteiger partial charge in [-0.1, -0.05) is 24.3 Å². The molecule has 2 N–H and O–H groups in total. The molecule has 3 heterocycles. The summed E-state index contributed by atoms with van der Waals surface area (Å²) in [7, 11) is 4.06.